The molecule has 1 aromatic heterocycles. The maximum Gasteiger partial charge on any atom is 0.251 e. The molecule has 1 N–H and O–H groups in total. The van der Waals surface area contributed by atoms with E-state index in [9.17, 15) is 4.79 Å². The molecule has 0 atom stereocenters. The van der Waals surface area contributed by atoms with Crippen LogP contribution in [0.25, 0.3) is 0 Å². The zero-order chi connectivity index (χ0) is 12.3. The van der Waals surface area contributed by atoms with Crippen LogP contribution < -0.4 is 5.32 Å². The summed E-state index contributed by atoms with van der Waals surface area (Å²) in [5, 5.41) is 2.76. The first kappa shape index (κ1) is 11.4. The Bertz CT molecular complexity index is 532. The van der Waals surface area contributed by atoms with E-state index in [-0.39, 0.29) is 5.91 Å². The fourth-order valence-corrected chi connectivity index (χ4v) is 1.53. The lowest BCUT2D eigenvalue weighted by Gasteiger charge is -2.03. The molecular formula is C13H14N2O2. The molecule has 1 amide bonds. The van der Waals surface area contributed by atoms with Crippen molar-refractivity contribution in [3.8, 4) is 0 Å². The highest BCUT2D eigenvalue weighted by Gasteiger charge is 2.07. The van der Waals surface area contributed by atoms with Gasteiger partial charge in [-0.1, -0.05) is 17.7 Å². The number of oxazole rings is 1. The number of nitrogens with one attached hydrogen (secondary N) is 1. The van der Waals surface area contributed by atoms with Gasteiger partial charge in [-0.3, -0.25) is 4.79 Å². The van der Waals surface area contributed by atoms with Crippen LogP contribution in [0.1, 0.15) is 27.6 Å². The highest BCUT2D eigenvalue weighted by Crippen LogP contribution is 2.05. The monoisotopic (exact) mass is 230 g/mol. The van der Waals surface area contributed by atoms with Gasteiger partial charge in [-0.05, 0) is 26.0 Å². The highest BCUT2D eigenvalue weighted by molar-refractivity contribution is 5.94. The zero-order valence-corrected chi connectivity index (χ0v) is 9.86. The summed E-state index contributed by atoms with van der Waals surface area (Å²) in [6.45, 7) is 4.08. The lowest BCUT2D eigenvalue weighted by atomic mass is 10.1. The molecule has 1 aromatic carbocycles. The lowest BCUT2D eigenvalue weighted by molar-refractivity contribution is 0.0947. The topological polar surface area (TPSA) is 55.1 Å². The van der Waals surface area contributed by atoms with Crippen molar-refractivity contribution in [2.75, 3.05) is 0 Å². The van der Waals surface area contributed by atoms with Crippen LogP contribution in [0.15, 0.2) is 34.9 Å². The Kier molecular flexibility index (Phi) is 3.23. The van der Waals surface area contributed by atoms with E-state index in [1.807, 2.05) is 32.0 Å². The van der Waals surface area contributed by atoms with Gasteiger partial charge in [0.05, 0.1) is 12.7 Å². The minimum atomic E-state index is -0.121. The van der Waals surface area contributed by atoms with Crippen LogP contribution in [0.5, 0.6) is 0 Å². The normalized spacial score (nSPS) is 10.2. The van der Waals surface area contributed by atoms with Crippen molar-refractivity contribution < 1.29 is 9.21 Å². The second kappa shape index (κ2) is 4.82. The number of hydrogen-bond donors (Lipinski definition) is 1. The zero-order valence-electron chi connectivity index (χ0n) is 9.86. The van der Waals surface area contributed by atoms with Crippen LogP contribution in [-0.4, -0.2) is 10.9 Å². The number of carbonyl (C=O) groups excluding carboxylic acids is 1. The number of hydrogen-bond acceptors (Lipinski definition) is 3. The number of aryl methyl sites for hydroxylation is 2. The van der Waals surface area contributed by atoms with Crippen LogP contribution >= 0.6 is 0 Å². The van der Waals surface area contributed by atoms with Crippen molar-refractivity contribution >= 4 is 5.91 Å². The Morgan fingerprint density at radius 3 is 2.88 bits per heavy atom. The van der Waals surface area contributed by atoms with Gasteiger partial charge in [0, 0.05) is 5.56 Å². The first-order chi connectivity index (χ1) is 8.15. The Morgan fingerprint density at radius 1 is 1.41 bits per heavy atom. The van der Waals surface area contributed by atoms with E-state index >= 15 is 0 Å². The molecule has 0 aliphatic rings. The Balaban J connectivity index is 1.98. The van der Waals surface area contributed by atoms with Gasteiger partial charge in [0.1, 0.15) is 5.76 Å². The van der Waals surface area contributed by atoms with Crippen molar-refractivity contribution in [3.63, 3.8) is 0 Å². The summed E-state index contributed by atoms with van der Waals surface area (Å²) in [7, 11) is 0. The largest absolute Gasteiger partial charge is 0.444 e. The van der Waals surface area contributed by atoms with E-state index in [2.05, 4.69) is 10.3 Å². The SMILES string of the molecule is Cc1cccc(C(=O)NCc2ncc(C)o2)c1. The molecule has 0 unspecified atom stereocenters. The second-order valence-corrected chi connectivity index (χ2v) is 3.92. The molecule has 2 aromatic rings. The summed E-state index contributed by atoms with van der Waals surface area (Å²) in [4.78, 5) is 15.8. The average Bonchev–Trinajstić information content (AvgIpc) is 2.72. The number of amides is 1. The summed E-state index contributed by atoms with van der Waals surface area (Å²) < 4.78 is 5.27. The maximum absolute atomic E-state index is 11.8. The van der Waals surface area contributed by atoms with E-state index in [1.165, 1.54) is 0 Å². The smallest absolute Gasteiger partial charge is 0.251 e. The van der Waals surface area contributed by atoms with Crippen molar-refractivity contribution in [2.24, 2.45) is 0 Å². The van der Waals surface area contributed by atoms with Gasteiger partial charge in [-0.15, -0.1) is 0 Å². The van der Waals surface area contributed by atoms with Gasteiger partial charge in [0.2, 0.25) is 5.89 Å². The van der Waals surface area contributed by atoms with Gasteiger partial charge in [0.15, 0.2) is 0 Å². The van der Waals surface area contributed by atoms with E-state index in [0.29, 0.717) is 18.0 Å². The maximum atomic E-state index is 11.8. The van der Waals surface area contributed by atoms with Crippen LogP contribution in [0, 0.1) is 13.8 Å². The second-order valence-electron chi connectivity index (χ2n) is 3.92. The number of nitrogens with zero attached hydrogens (tertiary/aromatic N) is 1. The average molecular weight is 230 g/mol. The van der Waals surface area contributed by atoms with E-state index in [1.54, 1.807) is 12.3 Å². The molecule has 0 bridgehead atoms. The molecule has 88 valence electrons. The molecule has 17 heavy (non-hydrogen) atoms. The fourth-order valence-electron chi connectivity index (χ4n) is 1.53. The predicted molar refractivity (Wildman–Crippen MR) is 63.6 cm³/mol. The standard InChI is InChI=1S/C13H14N2O2/c1-9-4-3-5-11(6-9)13(16)15-8-12-14-7-10(2)17-12/h3-7H,8H2,1-2H3,(H,15,16). The molecule has 1 heterocycles. The third-order valence-electron chi connectivity index (χ3n) is 2.35. The number of aromatic nitrogens is 1. The van der Waals surface area contributed by atoms with E-state index < -0.39 is 0 Å². The van der Waals surface area contributed by atoms with Crippen LogP contribution in [-0.2, 0) is 6.54 Å². The first-order valence-corrected chi connectivity index (χ1v) is 5.41. The molecule has 0 aliphatic heterocycles. The van der Waals surface area contributed by atoms with Gasteiger partial charge < -0.3 is 9.73 Å². The van der Waals surface area contributed by atoms with Crippen LogP contribution in [0.3, 0.4) is 0 Å². The molecule has 0 aliphatic carbocycles. The molecule has 4 nitrogen and oxygen atoms in total. The first-order valence-electron chi connectivity index (χ1n) is 5.41. The quantitative estimate of drug-likeness (QED) is 0.879. The molecule has 0 fully saturated rings. The molecule has 0 radical (unpaired) electrons. The summed E-state index contributed by atoms with van der Waals surface area (Å²) in [6.07, 6.45) is 1.63. The van der Waals surface area contributed by atoms with Crippen LogP contribution in [0.2, 0.25) is 0 Å². The summed E-state index contributed by atoms with van der Waals surface area (Å²) in [6, 6.07) is 7.44. The molecular weight excluding hydrogens is 216 g/mol. The van der Waals surface area contributed by atoms with E-state index in [0.717, 1.165) is 11.3 Å². The summed E-state index contributed by atoms with van der Waals surface area (Å²) in [5.74, 6) is 1.14. The number of benzene rings is 1. The highest BCUT2D eigenvalue weighted by atomic mass is 16.4. The molecule has 0 saturated heterocycles. The third-order valence-corrected chi connectivity index (χ3v) is 2.35. The van der Waals surface area contributed by atoms with Gasteiger partial charge in [-0.2, -0.15) is 0 Å². The third kappa shape index (κ3) is 2.93. The summed E-state index contributed by atoms with van der Waals surface area (Å²) in [5.41, 5.74) is 1.71. The van der Waals surface area contributed by atoms with E-state index in [4.69, 9.17) is 4.42 Å². The van der Waals surface area contributed by atoms with Crippen molar-refractivity contribution in [3.05, 3.63) is 53.2 Å². The molecule has 2 rings (SSSR count). The molecule has 0 spiro atoms. The Morgan fingerprint density at radius 2 is 2.24 bits per heavy atom. The van der Waals surface area contributed by atoms with Gasteiger partial charge in [0.25, 0.3) is 5.91 Å². The Hall–Kier alpha value is -2.10. The number of carbonyl (C=O) groups is 1. The summed E-state index contributed by atoms with van der Waals surface area (Å²) >= 11 is 0. The van der Waals surface area contributed by atoms with Crippen LogP contribution in [0.4, 0.5) is 0 Å². The minimum Gasteiger partial charge on any atom is -0.444 e. The van der Waals surface area contributed by atoms with Crippen molar-refractivity contribution in [2.45, 2.75) is 20.4 Å². The molecule has 0 saturated carbocycles. The minimum absolute atomic E-state index is 0.121. The van der Waals surface area contributed by atoms with Crippen molar-refractivity contribution in [1.29, 1.82) is 0 Å². The fraction of sp³-hybridized carbons (Fsp3) is 0.231. The lowest BCUT2D eigenvalue weighted by Crippen LogP contribution is -2.22. The van der Waals surface area contributed by atoms with Gasteiger partial charge >= 0.3 is 0 Å². The number of rotatable bonds is 3. The Labute approximate surface area is 99.7 Å². The predicted octanol–water partition coefficient (Wildman–Crippen LogP) is 2.22. The van der Waals surface area contributed by atoms with Gasteiger partial charge in [-0.25, -0.2) is 4.98 Å². The molecule has 4 heteroatoms. The van der Waals surface area contributed by atoms with Crippen molar-refractivity contribution in [1.82, 2.24) is 10.3 Å².